The van der Waals surface area contributed by atoms with Crippen molar-refractivity contribution in [2.45, 2.75) is 33.2 Å². The molecule has 0 spiro atoms. The van der Waals surface area contributed by atoms with Crippen LogP contribution in [0.4, 0.5) is 0 Å². The summed E-state index contributed by atoms with van der Waals surface area (Å²) in [5.74, 6) is 0.528. The average molecular weight is 126 g/mol. The summed E-state index contributed by atoms with van der Waals surface area (Å²) < 4.78 is 0. The lowest BCUT2D eigenvalue weighted by atomic mass is 9.90. The van der Waals surface area contributed by atoms with Crippen LogP contribution in [0.25, 0.3) is 0 Å². The number of hydrogen-bond acceptors (Lipinski definition) is 1. The van der Waals surface area contributed by atoms with Crippen molar-refractivity contribution in [1.29, 1.82) is 0 Å². The molecule has 0 bridgehead atoms. The van der Waals surface area contributed by atoms with E-state index in [0.29, 0.717) is 5.92 Å². The Morgan fingerprint density at radius 1 is 1.33 bits per heavy atom. The first-order valence-electron chi connectivity index (χ1n) is 3.34. The fourth-order valence-corrected chi connectivity index (χ4v) is 0.387. The second-order valence-corrected chi connectivity index (χ2v) is 3.37. The second-order valence-electron chi connectivity index (χ2n) is 3.37. The van der Waals surface area contributed by atoms with Crippen LogP contribution in [0, 0.1) is 13.0 Å². The van der Waals surface area contributed by atoms with Gasteiger partial charge in [0, 0.05) is 5.54 Å². The molecule has 3 radical (unpaired) electrons. The minimum atomic E-state index is 0.000000000000000222. The van der Waals surface area contributed by atoms with Crippen LogP contribution < -0.4 is 0 Å². The fraction of sp³-hybridized carbons (Fsp3) is 0.875. The lowest BCUT2D eigenvalue weighted by molar-refractivity contribution is 0.156. The van der Waals surface area contributed by atoms with E-state index in [2.05, 4.69) is 27.7 Å². The molecule has 0 unspecified atom stereocenters. The fourth-order valence-electron chi connectivity index (χ4n) is 0.387. The second kappa shape index (κ2) is 2.70. The summed E-state index contributed by atoms with van der Waals surface area (Å²) in [4.78, 5) is 1.51. The Hall–Kier alpha value is -0.0400. The molecule has 9 heavy (non-hydrogen) atoms. The van der Waals surface area contributed by atoms with Gasteiger partial charge in [-0.3, -0.25) is 4.90 Å². The first-order valence-corrected chi connectivity index (χ1v) is 3.34. The van der Waals surface area contributed by atoms with Crippen molar-refractivity contribution in [3.63, 3.8) is 0 Å². The van der Waals surface area contributed by atoms with Crippen molar-refractivity contribution in [3.8, 4) is 0 Å². The summed E-state index contributed by atoms with van der Waals surface area (Å²) >= 11 is 0. The largest absolute Gasteiger partial charge is 0.290 e. The SMILES string of the molecule is [C]N(C)C(C)(C)C(C)C. The molecule has 0 amide bonds. The van der Waals surface area contributed by atoms with Gasteiger partial charge in [-0.1, -0.05) is 13.8 Å². The summed E-state index contributed by atoms with van der Waals surface area (Å²) in [6, 6.07) is 0. The number of rotatable bonds is 2. The molecule has 0 atom stereocenters. The van der Waals surface area contributed by atoms with Crippen molar-refractivity contribution in [2.75, 3.05) is 7.05 Å². The third kappa shape index (κ3) is 1.98. The number of nitrogens with zero attached hydrogens (tertiary/aromatic N) is 1. The highest BCUT2D eigenvalue weighted by Gasteiger charge is 2.24. The van der Waals surface area contributed by atoms with Gasteiger partial charge in [0.1, 0.15) is 0 Å². The smallest absolute Gasteiger partial charge is 0.0884 e. The zero-order chi connectivity index (χ0) is 7.65. The van der Waals surface area contributed by atoms with Crippen LogP contribution in [0.5, 0.6) is 0 Å². The molecule has 0 saturated carbocycles. The zero-order valence-corrected chi connectivity index (χ0v) is 7.02. The van der Waals surface area contributed by atoms with Gasteiger partial charge in [-0.2, -0.15) is 0 Å². The van der Waals surface area contributed by atoms with Crippen molar-refractivity contribution in [1.82, 2.24) is 4.90 Å². The Balaban J connectivity index is 4.01. The van der Waals surface area contributed by atoms with E-state index in [0.717, 1.165) is 0 Å². The van der Waals surface area contributed by atoms with Gasteiger partial charge in [-0.05, 0) is 26.8 Å². The van der Waals surface area contributed by atoms with E-state index in [1.807, 2.05) is 0 Å². The number of hydrogen-bond donors (Lipinski definition) is 0. The molecule has 0 rings (SSSR count). The predicted molar refractivity (Wildman–Crippen MR) is 39.9 cm³/mol. The summed E-state index contributed by atoms with van der Waals surface area (Å²) in [6.07, 6.45) is 0. The molecule has 1 nitrogen and oxygen atoms in total. The highest BCUT2D eigenvalue weighted by molar-refractivity contribution is 4.81. The molecular formula is C8H16N. The Morgan fingerprint density at radius 3 is 1.67 bits per heavy atom. The maximum atomic E-state index is 7.34. The van der Waals surface area contributed by atoms with Crippen molar-refractivity contribution < 1.29 is 0 Å². The van der Waals surface area contributed by atoms with E-state index >= 15 is 0 Å². The Bertz CT molecular complexity index is 72.6. The lowest BCUT2D eigenvalue weighted by Crippen LogP contribution is -2.41. The average Bonchev–Trinajstić information content (AvgIpc) is 1.65. The molecule has 0 aliphatic carbocycles. The maximum Gasteiger partial charge on any atom is 0.0884 e. The van der Waals surface area contributed by atoms with Crippen LogP contribution in [-0.4, -0.2) is 17.5 Å². The van der Waals surface area contributed by atoms with Crippen molar-refractivity contribution >= 4 is 0 Å². The van der Waals surface area contributed by atoms with Crippen molar-refractivity contribution in [3.05, 3.63) is 7.05 Å². The third-order valence-electron chi connectivity index (χ3n) is 2.28. The zero-order valence-electron chi connectivity index (χ0n) is 7.02. The van der Waals surface area contributed by atoms with Gasteiger partial charge in [0.2, 0.25) is 0 Å². The van der Waals surface area contributed by atoms with Crippen LogP contribution in [0.1, 0.15) is 27.7 Å². The van der Waals surface area contributed by atoms with Crippen LogP contribution in [0.3, 0.4) is 0 Å². The predicted octanol–water partition coefficient (Wildman–Crippen LogP) is 1.90. The minimum absolute atomic E-state index is 0.000000000000000222. The van der Waals surface area contributed by atoms with E-state index in [1.165, 1.54) is 4.90 Å². The van der Waals surface area contributed by atoms with E-state index in [-0.39, 0.29) is 5.54 Å². The van der Waals surface area contributed by atoms with Crippen molar-refractivity contribution in [2.24, 2.45) is 5.92 Å². The summed E-state index contributed by atoms with van der Waals surface area (Å²) in [5, 5.41) is 0. The van der Waals surface area contributed by atoms with E-state index in [1.54, 1.807) is 7.05 Å². The van der Waals surface area contributed by atoms with Gasteiger partial charge in [0.05, 0.1) is 7.05 Å². The molecule has 0 aromatic heterocycles. The monoisotopic (exact) mass is 126 g/mol. The van der Waals surface area contributed by atoms with Gasteiger partial charge < -0.3 is 0 Å². The lowest BCUT2D eigenvalue weighted by Gasteiger charge is -2.35. The first kappa shape index (κ1) is 8.96. The Kier molecular flexibility index (Phi) is 2.68. The van der Waals surface area contributed by atoms with Gasteiger partial charge in [0.15, 0.2) is 0 Å². The van der Waals surface area contributed by atoms with E-state index < -0.39 is 0 Å². The Labute approximate surface area is 59.1 Å². The first-order chi connectivity index (χ1) is 3.89. The summed E-state index contributed by atoms with van der Waals surface area (Å²) in [6.45, 7) is 8.41. The molecule has 0 fully saturated rings. The third-order valence-corrected chi connectivity index (χ3v) is 2.28. The molecule has 0 aliphatic rings. The van der Waals surface area contributed by atoms with Gasteiger partial charge in [-0.15, -0.1) is 0 Å². The molecule has 0 heterocycles. The molecule has 0 aliphatic heterocycles. The van der Waals surface area contributed by atoms with Gasteiger partial charge in [0.25, 0.3) is 0 Å². The minimum Gasteiger partial charge on any atom is -0.290 e. The van der Waals surface area contributed by atoms with Crippen LogP contribution in [0.2, 0.25) is 0 Å². The molecule has 0 aromatic carbocycles. The molecule has 0 aromatic rings. The molecule has 0 saturated heterocycles. The molecule has 0 N–H and O–H groups in total. The van der Waals surface area contributed by atoms with E-state index in [9.17, 15) is 0 Å². The maximum absolute atomic E-state index is 7.34. The van der Waals surface area contributed by atoms with E-state index in [4.69, 9.17) is 7.05 Å². The van der Waals surface area contributed by atoms with Gasteiger partial charge >= 0.3 is 0 Å². The quantitative estimate of drug-likeness (QED) is 0.546. The van der Waals surface area contributed by atoms with Crippen LogP contribution >= 0.6 is 0 Å². The topological polar surface area (TPSA) is 3.24 Å². The molecule has 53 valence electrons. The van der Waals surface area contributed by atoms with Crippen LogP contribution in [-0.2, 0) is 0 Å². The van der Waals surface area contributed by atoms with Gasteiger partial charge in [-0.25, -0.2) is 0 Å². The highest BCUT2D eigenvalue weighted by Crippen LogP contribution is 2.20. The Morgan fingerprint density at radius 2 is 1.67 bits per heavy atom. The normalized spacial score (nSPS) is 13.3. The molecule has 1 heteroatoms. The summed E-state index contributed by atoms with van der Waals surface area (Å²) in [7, 11) is 9.14. The standard InChI is InChI=1S/C8H16N/c1-7(2)8(3,4)9(5)6/h7H,1-5H3. The highest BCUT2D eigenvalue weighted by atomic mass is 15.1. The molecular weight excluding hydrogens is 110 g/mol. The summed E-state index contributed by atoms with van der Waals surface area (Å²) in [5.41, 5.74) is 0.000000000000000222. The van der Waals surface area contributed by atoms with Crippen LogP contribution in [0.15, 0.2) is 0 Å².